The molecule has 2 N–H and O–H groups in total. The highest BCUT2D eigenvalue weighted by molar-refractivity contribution is 5.83. The van der Waals surface area contributed by atoms with Gasteiger partial charge in [0.15, 0.2) is 0 Å². The number of carbonyl (C=O) groups is 1. The molecule has 1 amide bonds. The van der Waals surface area contributed by atoms with Gasteiger partial charge in [-0.3, -0.25) is 4.79 Å². The second-order valence-corrected chi connectivity index (χ2v) is 6.65. The van der Waals surface area contributed by atoms with Gasteiger partial charge in [-0.15, -0.1) is 0 Å². The average molecular weight is 322 g/mol. The van der Waals surface area contributed by atoms with Gasteiger partial charge in [0, 0.05) is 25.6 Å². The molecule has 0 aromatic heterocycles. The number of amides is 1. The molecule has 0 radical (unpaired) electrons. The van der Waals surface area contributed by atoms with Crippen LogP contribution in [-0.4, -0.2) is 30.4 Å². The summed E-state index contributed by atoms with van der Waals surface area (Å²) in [6, 6.07) is 18.7. The Labute approximate surface area is 144 Å². The van der Waals surface area contributed by atoms with Gasteiger partial charge in [0.2, 0.25) is 5.91 Å². The maximum absolute atomic E-state index is 12.9. The Morgan fingerprint density at radius 2 is 1.79 bits per heavy atom. The molecule has 3 heteroatoms. The minimum atomic E-state index is 0.133. The normalized spacial score (nSPS) is 19.1. The number of aryl methyl sites for hydroxylation is 1. The Morgan fingerprint density at radius 1 is 1.08 bits per heavy atom. The van der Waals surface area contributed by atoms with Gasteiger partial charge >= 0.3 is 0 Å². The van der Waals surface area contributed by atoms with Crippen LogP contribution in [0.3, 0.4) is 0 Å². The van der Waals surface area contributed by atoms with Crippen LogP contribution in [-0.2, 0) is 11.2 Å². The van der Waals surface area contributed by atoms with Gasteiger partial charge in [0.25, 0.3) is 0 Å². The molecule has 126 valence electrons. The first-order valence-corrected chi connectivity index (χ1v) is 8.79. The molecule has 1 aliphatic carbocycles. The van der Waals surface area contributed by atoms with Crippen molar-refractivity contribution in [3.05, 3.63) is 71.3 Å². The van der Waals surface area contributed by atoms with E-state index in [0.29, 0.717) is 19.0 Å². The Bertz CT molecular complexity index is 683. The molecular formula is C21H26N2O. The van der Waals surface area contributed by atoms with E-state index < -0.39 is 0 Å². The van der Waals surface area contributed by atoms with Crippen LogP contribution in [0.15, 0.2) is 54.6 Å². The summed E-state index contributed by atoms with van der Waals surface area (Å²) in [5, 5.41) is 0. The first kappa shape index (κ1) is 16.7. The van der Waals surface area contributed by atoms with Crippen molar-refractivity contribution in [2.45, 2.75) is 25.7 Å². The molecule has 3 rings (SSSR count). The van der Waals surface area contributed by atoms with E-state index in [4.69, 9.17) is 5.73 Å². The highest BCUT2D eigenvalue weighted by Gasteiger charge is 2.45. The van der Waals surface area contributed by atoms with Crippen molar-refractivity contribution in [3.63, 3.8) is 0 Å². The fourth-order valence-corrected chi connectivity index (χ4v) is 3.45. The summed E-state index contributed by atoms with van der Waals surface area (Å²) in [5.41, 5.74) is 9.61. The zero-order valence-electron chi connectivity index (χ0n) is 14.3. The van der Waals surface area contributed by atoms with Crippen LogP contribution < -0.4 is 5.73 Å². The third kappa shape index (κ3) is 3.85. The monoisotopic (exact) mass is 322 g/mol. The Balaban J connectivity index is 1.62. The first-order chi connectivity index (χ1) is 11.7. The molecule has 0 spiro atoms. The standard InChI is InChI=1S/C21H26N2O/c1-16-7-5-6-10-18(16)19-15-20(19)21(24)23(14-12-22)13-11-17-8-3-2-4-9-17/h2-10,19-20H,11-15,22H2,1H3. The number of hydrogen-bond acceptors (Lipinski definition) is 2. The molecule has 24 heavy (non-hydrogen) atoms. The van der Waals surface area contributed by atoms with E-state index in [9.17, 15) is 4.79 Å². The van der Waals surface area contributed by atoms with Crippen LogP contribution in [0.25, 0.3) is 0 Å². The molecule has 0 bridgehead atoms. The number of carbonyl (C=O) groups excluding carboxylic acids is 1. The summed E-state index contributed by atoms with van der Waals surface area (Å²) >= 11 is 0. The molecule has 0 saturated heterocycles. The minimum Gasteiger partial charge on any atom is -0.341 e. The SMILES string of the molecule is Cc1ccccc1C1CC1C(=O)N(CCN)CCc1ccccc1. The van der Waals surface area contributed by atoms with Gasteiger partial charge in [-0.25, -0.2) is 0 Å². The molecule has 2 aromatic carbocycles. The lowest BCUT2D eigenvalue weighted by Crippen LogP contribution is -2.38. The number of benzene rings is 2. The third-order valence-corrected chi connectivity index (χ3v) is 4.92. The van der Waals surface area contributed by atoms with E-state index in [0.717, 1.165) is 19.4 Å². The number of nitrogens with two attached hydrogens (primary N) is 1. The Hall–Kier alpha value is -2.13. The summed E-state index contributed by atoms with van der Waals surface area (Å²) in [6.07, 6.45) is 1.85. The van der Waals surface area contributed by atoms with Crippen molar-refractivity contribution in [1.82, 2.24) is 4.90 Å². The van der Waals surface area contributed by atoms with E-state index in [-0.39, 0.29) is 11.8 Å². The van der Waals surface area contributed by atoms with Crippen LogP contribution >= 0.6 is 0 Å². The molecule has 3 nitrogen and oxygen atoms in total. The zero-order valence-corrected chi connectivity index (χ0v) is 14.3. The predicted molar refractivity (Wildman–Crippen MR) is 97.8 cm³/mol. The van der Waals surface area contributed by atoms with Gasteiger partial charge in [0.05, 0.1) is 0 Å². The van der Waals surface area contributed by atoms with Gasteiger partial charge in [-0.2, -0.15) is 0 Å². The second kappa shape index (κ2) is 7.63. The van der Waals surface area contributed by atoms with Crippen molar-refractivity contribution < 1.29 is 4.79 Å². The topological polar surface area (TPSA) is 46.3 Å². The summed E-state index contributed by atoms with van der Waals surface area (Å²) in [5.74, 6) is 0.786. The third-order valence-electron chi connectivity index (χ3n) is 4.92. The molecule has 0 heterocycles. The summed E-state index contributed by atoms with van der Waals surface area (Å²) in [7, 11) is 0. The fraction of sp³-hybridized carbons (Fsp3) is 0.381. The summed E-state index contributed by atoms with van der Waals surface area (Å²) in [4.78, 5) is 14.8. The van der Waals surface area contributed by atoms with E-state index in [1.165, 1.54) is 16.7 Å². The quantitative estimate of drug-likeness (QED) is 0.851. The summed E-state index contributed by atoms with van der Waals surface area (Å²) in [6.45, 7) is 4.03. The van der Waals surface area contributed by atoms with Crippen molar-refractivity contribution >= 4 is 5.91 Å². The fourth-order valence-electron chi connectivity index (χ4n) is 3.45. The number of rotatable bonds is 7. The van der Waals surface area contributed by atoms with Crippen LogP contribution in [0.4, 0.5) is 0 Å². The van der Waals surface area contributed by atoms with E-state index in [2.05, 4.69) is 43.3 Å². The maximum atomic E-state index is 12.9. The van der Waals surface area contributed by atoms with Crippen LogP contribution in [0.1, 0.15) is 29.0 Å². The smallest absolute Gasteiger partial charge is 0.226 e. The second-order valence-electron chi connectivity index (χ2n) is 6.65. The van der Waals surface area contributed by atoms with Crippen LogP contribution in [0, 0.1) is 12.8 Å². The average Bonchev–Trinajstić information content (AvgIpc) is 3.40. The Kier molecular flexibility index (Phi) is 5.31. The van der Waals surface area contributed by atoms with Crippen molar-refractivity contribution in [1.29, 1.82) is 0 Å². The van der Waals surface area contributed by atoms with Gasteiger partial charge in [-0.1, -0.05) is 54.6 Å². The number of nitrogens with zero attached hydrogens (tertiary/aromatic N) is 1. The molecule has 1 saturated carbocycles. The molecular weight excluding hydrogens is 296 g/mol. The molecule has 0 aliphatic heterocycles. The van der Waals surface area contributed by atoms with Crippen molar-refractivity contribution in [2.24, 2.45) is 11.7 Å². The van der Waals surface area contributed by atoms with E-state index in [1.807, 2.05) is 23.1 Å². The minimum absolute atomic E-state index is 0.133. The lowest BCUT2D eigenvalue weighted by atomic mass is 10.0. The number of hydrogen-bond donors (Lipinski definition) is 1. The van der Waals surface area contributed by atoms with Crippen LogP contribution in [0.5, 0.6) is 0 Å². The van der Waals surface area contributed by atoms with Crippen molar-refractivity contribution in [3.8, 4) is 0 Å². The maximum Gasteiger partial charge on any atom is 0.226 e. The molecule has 2 atom stereocenters. The van der Waals surface area contributed by atoms with Crippen LogP contribution in [0.2, 0.25) is 0 Å². The van der Waals surface area contributed by atoms with Crippen molar-refractivity contribution in [2.75, 3.05) is 19.6 Å². The summed E-state index contributed by atoms with van der Waals surface area (Å²) < 4.78 is 0. The zero-order chi connectivity index (χ0) is 16.9. The lowest BCUT2D eigenvalue weighted by molar-refractivity contribution is -0.132. The van der Waals surface area contributed by atoms with Gasteiger partial charge in [0.1, 0.15) is 0 Å². The predicted octanol–water partition coefficient (Wildman–Crippen LogP) is 3.13. The molecule has 2 unspecified atom stereocenters. The van der Waals surface area contributed by atoms with E-state index >= 15 is 0 Å². The first-order valence-electron chi connectivity index (χ1n) is 8.79. The van der Waals surface area contributed by atoms with Gasteiger partial charge < -0.3 is 10.6 Å². The van der Waals surface area contributed by atoms with Gasteiger partial charge in [-0.05, 0) is 42.4 Å². The van der Waals surface area contributed by atoms with E-state index in [1.54, 1.807) is 0 Å². The highest BCUT2D eigenvalue weighted by Crippen LogP contribution is 2.49. The molecule has 1 aliphatic rings. The largest absolute Gasteiger partial charge is 0.341 e. The Morgan fingerprint density at radius 3 is 2.50 bits per heavy atom. The lowest BCUT2D eigenvalue weighted by Gasteiger charge is -2.22. The molecule has 2 aromatic rings. The highest BCUT2D eigenvalue weighted by atomic mass is 16.2. The molecule has 1 fully saturated rings.